The van der Waals surface area contributed by atoms with Gasteiger partial charge in [0, 0.05) is 18.2 Å². The largest absolute Gasteiger partial charge is 0.428 e. The summed E-state index contributed by atoms with van der Waals surface area (Å²) in [7, 11) is -2.61. The van der Waals surface area contributed by atoms with Gasteiger partial charge in [0.15, 0.2) is 6.40 Å². The van der Waals surface area contributed by atoms with Crippen molar-refractivity contribution in [2.24, 2.45) is 0 Å². The second-order valence-electron chi connectivity index (χ2n) is 7.02. The Kier molecular flexibility index (Phi) is 5.33. The maximum Gasteiger partial charge on any atom is 0.239 e. The van der Waals surface area contributed by atoms with Crippen molar-refractivity contribution in [3.63, 3.8) is 0 Å². The molecule has 1 aliphatic rings. The summed E-state index contributed by atoms with van der Waals surface area (Å²) in [6.07, 6.45) is 0.547. The first-order chi connectivity index (χ1) is 14.0. The van der Waals surface area contributed by atoms with Gasteiger partial charge in [0.05, 0.1) is 11.3 Å². The fraction of sp³-hybridized carbons (Fsp3) is 0.211. The van der Waals surface area contributed by atoms with Crippen LogP contribution in [0.3, 0.4) is 0 Å². The highest BCUT2D eigenvalue weighted by Gasteiger charge is 2.43. The van der Waals surface area contributed by atoms with Crippen molar-refractivity contribution in [3.8, 4) is 11.1 Å². The van der Waals surface area contributed by atoms with Crippen molar-refractivity contribution in [2.75, 3.05) is 12.8 Å². The van der Waals surface area contributed by atoms with Gasteiger partial charge in [-0.25, -0.2) is 21.5 Å². The standard InChI is InChI=1S/C19H19F2N5O3S/c1-19(9-30(27,28)26(2)18(24)25-19)15-8-11(3-4-16(15)21)12-5-13(7-14(20)6-12)17(23)29-10-22/h3-8,10,22-23H,9H2,1-2H3,(H2,24,25)/t19-/m0/s1. The predicted octanol–water partition coefficient (Wildman–Crippen LogP) is 2.60. The first-order valence-electron chi connectivity index (χ1n) is 8.66. The Bertz CT molecular complexity index is 1170. The van der Waals surface area contributed by atoms with Crippen molar-refractivity contribution < 1.29 is 21.9 Å². The monoisotopic (exact) mass is 435 g/mol. The molecule has 0 bridgehead atoms. The van der Waals surface area contributed by atoms with Gasteiger partial charge in [-0.15, -0.1) is 0 Å². The molecule has 0 unspecified atom stereocenters. The number of benzene rings is 2. The molecule has 1 fully saturated rings. The number of nitrogens with zero attached hydrogens (tertiary/aromatic N) is 1. The minimum absolute atomic E-state index is 0.00180. The summed E-state index contributed by atoms with van der Waals surface area (Å²) < 4.78 is 59.0. The molecule has 3 rings (SSSR count). The Morgan fingerprint density at radius 2 is 1.93 bits per heavy atom. The van der Waals surface area contributed by atoms with Crippen LogP contribution in [0.15, 0.2) is 36.4 Å². The lowest BCUT2D eigenvalue weighted by atomic mass is 9.90. The zero-order chi connectivity index (χ0) is 22.3. The third kappa shape index (κ3) is 3.88. The third-order valence-corrected chi connectivity index (χ3v) is 6.79. The van der Waals surface area contributed by atoms with Crippen LogP contribution in [0.5, 0.6) is 0 Å². The van der Waals surface area contributed by atoms with Crippen LogP contribution in [0.4, 0.5) is 8.78 Å². The molecule has 1 heterocycles. The predicted molar refractivity (Wildman–Crippen MR) is 108 cm³/mol. The van der Waals surface area contributed by atoms with Gasteiger partial charge in [-0.3, -0.25) is 16.2 Å². The van der Waals surface area contributed by atoms with E-state index in [1.165, 1.54) is 38.2 Å². The van der Waals surface area contributed by atoms with Crippen molar-refractivity contribution in [2.45, 2.75) is 12.5 Å². The van der Waals surface area contributed by atoms with Gasteiger partial charge in [0.1, 0.15) is 11.6 Å². The van der Waals surface area contributed by atoms with Crippen LogP contribution in [0.2, 0.25) is 0 Å². The maximum absolute atomic E-state index is 14.7. The van der Waals surface area contributed by atoms with E-state index in [1.54, 1.807) is 0 Å². The summed E-state index contributed by atoms with van der Waals surface area (Å²) in [5.41, 5.74) is -0.667. The lowest BCUT2D eigenvalue weighted by Crippen LogP contribution is -2.61. The Balaban J connectivity index is 2.10. The Morgan fingerprint density at radius 3 is 2.57 bits per heavy atom. The van der Waals surface area contributed by atoms with Crippen molar-refractivity contribution in [1.82, 2.24) is 9.62 Å². The molecule has 1 saturated heterocycles. The number of halogens is 2. The minimum Gasteiger partial charge on any atom is -0.428 e. The number of hydrogen-bond acceptors (Lipinski definition) is 6. The van der Waals surface area contributed by atoms with E-state index >= 15 is 0 Å². The van der Waals surface area contributed by atoms with Crippen molar-refractivity contribution in [3.05, 3.63) is 59.2 Å². The molecule has 0 aliphatic carbocycles. The molecule has 2 aromatic carbocycles. The van der Waals surface area contributed by atoms with Crippen LogP contribution in [0.25, 0.3) is 11.1 Å². The van der Waals surface area contributed by atoms with Gasteiger partial charge < -0.3 is 10.1 Å². The highest BCUT2D eigenvalue weighted by molar-refractivity contribution is 7.89. The quantitative estimate of drug-likeness (QED) is 0.434. The second-order valence-corrected chi connectivity index (χ2v) is 9.02. The molecule has 30 heavy (non-hydrogen) atoms. The number of ether oxygens (including phenoxy) is 1. The van der Waals surface area contributed by atoms with Gasteiger partial charge in [-0.1, -0.05) is 6.07 Å². The van der Waals surface area contributed by atoms with Crippen LogP contribution >= 0.6 is 0 Å². The average Bonchev–Trinajstić information content (AvgIpc) is 2.65. The van der Waals surface area contributed by atoms with Gasteiger partial charge in [-0.05, 0) is 48.4 Å². The van der Waals surface area contributed by atoms with Gasteiger partial charge >= 0.3 is 0 Å². The molecule has 0 aromatic heterocycles. The van der Waals surface area contributed by atoms with E-state index in [4.69, 9.17) is 16.2 Å². The summed E-state index contributed by atoms with van der Waals surface area (Å²) in [6, 6.07) is 7.60. The smallest absolute Gasteiger partial charge is 0.239 e. The molecule has 0 amide bonds. The SMILES string of the molecule is CN1C(=N)N[C@](C)(c2cc(-c3cc(F)cc(C(=N)OC=N)c3)ccc2F)CS1(=O)=O. The van der Waals surface area contributed by atoms with E-state index in [0.29, 0.717) is 17.5 Å². The van der Waals surface area contributed by atoms with Crippen LogP contribution in [-0.2, 0) is 20.3 Å². The first kappa shape index (κ1) is 21.4. The summed E-state index contributed by atoms with van der Waals surface area (Å²) in [4.78, 5) is 0. The Hall–Kier alpha value is -3.34. The molecule has 158 valence electrons. The maximum atomic E-state index is 14.7. The topological polar surface area (TPSA) is 130 Å². The third-order valence-electron chi connectivity index (χ3n) is 4.83. The lowest BCUT2D eigenvalue weighted by molar-refractivity contribution is 0.403. The highest BCUT2D eigenvalue weighted by Crippen LogP contribution is 2.33. The van der Waals surface area contributed by atoms with E-state index in [1.807, 2.05) is 0 Å². The molecular weight excluding hydrogens is 416 g/mol. The Morgan fingerprint density at radius 1 is 1.23 bits per heavy atom. The highest BCUT2D eigenvalue weighted by atomic mass is 32.2. The van der Waals surface area contributed by atoms with Crippen LogP contribution in [0, 0.1) is 27.9 Å². The second kappa shape index (κ2) is 7.48. The summed E-state index contributed by atoms with van der Waals surface area (Å²) >= 11 is 0. The van der Waals surface area contributed by atoms with Gasteiger partial charge in [0.2, 0.25) is 21.9 Å². The lowest BCUT2D eigenvalue weighted by Gasteiger charge is -2.40. The molecule has 11 heteroatoms. The number of hydrogen-bond donors (Lipinski definition) is 4. The average molecular weight is 435 g/mol. The normalized spacial score (nSPS) is 20.4. The van der Waals surface area contributed by atoms with E-state index in [-0.39, 0.29) is 17.1 Å². The molecule has 2 aromatic rings. The van der Waals surface area contributed by atoms with Gasteiger partial charge in [0.25, 0.3) is 0 Å². The van der Waals surface area contributed by atoms with Gasteiger partial charge in [-0.2, -0.15) is 0 Å². The van der Waals surface area contributed by atoms with Crippen molar-refractivity contribution >= 4 is 28.3 Å². The first-order valence-corrected chi connectivity index (χ1v) is 10.3. The fourth-order valence-corrected chi connectivity index (χ4v) is 4.74. The molecule has 4 N–H and O–H groups in total. The number of sulfonamides is 1. The summed E-state index contributed by atoms with van der Waals surface area (Å²) in [5.74, 6) is -2.65. The zero-order valence-electron chi connectivity index (χ0n) is 16.1. The van der Waals surface area contributed by atoms with E-state index < -0.39 is 38.8 Å². The number of nitrogens with one attached hydrogen (secondary N) is 4. The molecular formula is C19H19F2N5O3S. The fourth-order valence-electron chi connectivity index (χ4n) is 3.26. The molecule has 1 aliphatic heterocycles. The zero-order valence-corrected chi connectivity index (χ0v) is 16.9. The summed E-state index contributed by atoms with van der Waals surface area (Å²) in [6.45, 7) is 1.47. The van der Waals surface area contributed by atoms with Crippen LogP contribution in [0.1, 0.15) is 18.1 Å². The van der Waals surface area contributed by atoms with Crippen LogP contribution < -0.4 is 5.32 Å². The summed E-state index contributed by atoms with van der Waals surface area (Å²) in [5, 5.41) is 25.3. The van der Waals surface area contributed by atoms with E-state index in [9.17, 15) is 17.2 Å². The molecule has 0 saturated carbocycles. The Labute approximate surface area is 172 Å². The molecule has 1 atom stereocenters. The molecule has 0 spiro atoms. The van der Waals surface area contributed by atoms with Crippen LogP contribution in [-0.4, -0.2) is 43.8 Å². The molecule has 0 radical (unpaired) electrons. The van der Waals surface area contributed by atoms with E-state index in [2.05, 4.69) is 10.1 Å². The van der Waals surface area contributed by atoms with E-state index in [0.717, 1.165) is 16.4 Å². The minimum atomic E-state index is -3.84. The van der Waals surface area contributed by atoms with Crippen molar-refractivity contribution in [1.29, 1.82) is 16.2 Å². The number of rotatable bonds is 4. The number of guanidine groups is 1. The molecule has 8 nitrogen and oxygen atoms in total.